The molecule has 0 atom stereocenters. The summed E-state index contributed by atoms with van der Waals surface area (Å²) in [5.41, 5.74) is 7.58. The van der Waals surface area contributed by atoms with Gasteiger partial charge in [-0.2, -0.15) is 0 Å². The van der Waals surface area contributed by atoms with Crippen molar-refractivity contribution in [1.29, 1.82) is 0 Å². The molecule has 6 heteroatoms. The van der Waals surface area contributed by atoms with Crippen LogP contribution >= 0.6 is 12.2 Å². The van der Waals surface area contributed by atoms with E-state index < -0.39 is 0 Å². The second-order valence-electron chi connectivity index (χ2n) is 5.83. The fraction of sp³-hybridized carbons (Fsp3) is 0.600. The van der Waals surface area contributed by atoms with Crippen molar-refractivity contribution in [3.63, 3.8) is 0 Å². The molecule has 0 amide bonds. The van der Waals surface area contributed by atoms with Crippen LogP contribution in [0.25, 0.3) is 0 Å². The lowest BCUT2D eigenvalue weighted by molar-refractivity contribution is 0.120. The van der Waals surface area contributed by atoms with Crippen molar-refractivity contribution in [2.24, 2.45) is 5.73 Å². The standard InChI is InChI=1S/C15H25N5S/c1-18(2)5-6-19-7-9-20(10-8-19)12-13-3-4-17-14(11-13)15(16)21/h3-4,11H,5-10,12H2,1-2H3,(H2,16,21). The minimum absolute atomic E-state index is 0.366. The maximum Gasteiger partial charge on any atom is 0.122 e. The highest BCUT2D eigenvalue weighted by Crippen LogP contribution is 2.09. The number of aromatic nitrogens is 1. The molecule has 0 aromatic carbocycles. The van der Waals surface area contributed by atoms with E-state index in [9.17, 15) is 0 Å². The van der Waals surface area contributed by atoms with E-state index in [0.29, 0.717) is 10.7 Å². The summed E-state index contributed by atoms with van der Waals surface area (Å²) in [6.07, 6.45) is 1.79. The number of rotatable bonds is 6. The van der Waals surface area contributed by atoms with Crippen LogP contribution in [0.5, 0.6) is 0 Å². The second-order valence-corrected chi connectivity index (χ2v) is 6.27. The Hall–Kier alpha value is -1.08. The van der Waals surface area contributed by atoms with E-state index in [1.807, 2.05) is 12.1 Å². The van der Waals surface area contributed by atoms with Gasteiger partial charge in [0.15, 0.2) is 0 Å². The first kappa shape index (κ1) is 16.3. The Bertz CT molecular complexity index is 469. The maximum atomic E-state index is 5.64. The number of nitrogens with zero attached hydrogens (tertiary/aromatic N) is 4. The van der Waals surface area contributed by atoms with Gasteiger partial charge in [0.2, 0.25) is 0 Å². The van der Waals surface area contributed by atoms with Crippen LogP contribution in [-0.2, 0) is 6.54 Å². The molecule has 0 bridgehead atoms. The second kappa shape index (κ2) is 7.79. The number of hydrogen-bond donors (Lipinski definition) is 1. The van der Waals surface area contributed by atoms with E-state index in [0.717, 1.165) is 45.8 Å². The molecule has 0 unspecified atom stereocenters. The topological polar surface area (TPSA) is 48.6 Å². The minimum atomic E-state index is 0.366. The van der Waals surface area contributed by atoms with E-state index in [-0.39, 0.29) is 0 Å². The van der Waals surface area contributed by atoms with E-state index in [4.69, 9.17) is 18.0 Å². The Balaban J connectivity index is 1.80. The van der Waals surface area contributed by atoms with Crippen LogP contribution in [0.4, 0.5) is 0 Å². The van der Waals surface area contributed by atoms with Gasteiger partial charge in [-0.1, -0.05) is 12.2 Å². The molecule has 1 aliphatic heterocycles. The van der Waals surface area contributed by atoms with Gasteiger partial charge >= 0.3 is 0 Å². The molecular formula is C15H25N5S. The SMILES string of the molecule is CN(C)CCN1CCN(Cc2ccnc(C(N)=S)c2)CC1. The Morgan fingerprint density at radius 2 is 1.95 bits per heavy atom. The smallest absolute Gasteiger partial charge is 0.122 e. The molecule has 1 fully saturated rings. The van der Waals surface area contributed by atoms with Crippen LogP contribution in [0.2, 0.25) is 0 Å². The molecule has 1 aromatic heterocycles. The molecule has 0 radical (unpaired) electrons. The lowest BCUT2D eigenvalue weighted by atomic mass is 10.2. The third kappa shape index (κ3) is 5.32. The van der Waals surface area contributed by atoms with Crippen LogP contribution in [0, 0.1) is 0 Å². The summed E-state index contributed by atoms with van der Waals surface area (Å²) in [5.74, 6) is 0. The molecule has 0 saturated carbocycles. The van der Waals surface area contributed by atoms with Gasteiger partial charge < -0.3 is 10.6 Å². The highest BCUT2D eigenvalue weighted by molar-refractivity contribution is 7.80. The van der Waals surface area contributed by atoms with Gasteiger partial charge in [0.05, 0.1) is 5.69 Å². The highest BCUT2D eigenvalue weighted by atomic mass is 32.1. The van der Waals surface area contributed by atoms with E-state index in [2.05, 4.69) is 33.8 Å². The Kier molecular flexibility index (Phi) is 6.05. The molecule has 0 aliphatic carbocycles. The summed E-state index contributed by atoms with van der Waals surface area (Å²) >= 11 is 4.98. The largest absolute Gasteiger partial charge is 0.388 e. The Labute approximate surface area is 132 Å². The van der Waals surface area contributed by atoms with Crippen molar-refractivity contribution in [1.82, 2.24) is 19.7 Å². The molecular weight excluding hydrogens is 282 g/mol. The summed E-state index contributed by atoms with van der Waals surface area (Å²) in [6.45, 7) is 7.72. The molecule has 5 nitrogen and oxygen atoms in total. The third-order valence-electron chi connectivity index (χ3n) is 3.81. The van der Waals surface area contributed by atoms with Crippen LogP contribution in [-0.4, -0.2) is 78.0 Å². The normalized spacial score (nSPS) is 17.3. The fourth-order valence-corrected chi connectivity index (χ4v) is 2.59. The average molecular weight is 307 g/mol. The summed E-state index contributed by atoms with van der Waals surface area (Å²) in [6, 6.07) is 4.04. The van der Waals surface area contributed by atoms with Crippen molar-refractivity contribution in [3.05, 3.63) is 29.6 Å². The number of likely N-dealkylation sites (N-methyl/N-ethyl adjacent to an activating group) is 1. The molecule has 2 heterocycles. The zero-order chi connectivity index (χ0) is 15.2. The van der Waals surface area contributed by atoms with Crippen molar-refractivity contribution in [2.45, 2.75) is 6.54 Å². The summed E-state index contributed by atoms with van der Waals surface area (Å²) in [4.78, 5) is 11.8. The number of hydrogen-bond acceptors (Lipinski definition) is 5. The van der Waals surface area contributed by atoms with Gasteiger partial charge in [0.25, 0.3) is 0 Å². The first-order valence-corrected chi connectivity index (χ1v) is 7.79. The van der Waals surface area contributed by atoms with E-state index >= 15 is 0 Å². The molecule has 1 aromatic rings. The zero-order valence-corrected chi connectivity index (χ0v) is 13.8. The van der Waals surface area contributed by atoms with E-state index in [1.165, 1.54) is 5.56 Å². The predicted molar refractivity (Wildman–Crippen MR) is 90.4 cm³/mol. The molecule has 2 rings (SSSR count). The Morgan fingerprint density at radius 1 is 1.29 bits per heavy atom. The minimum Gasteiger partial charge on any atom is -0.388 e. The van der Waals surface area contributed by atoms with Crippen LogP contribution in [0.1, 0.15) is 11.3 Å². The summed E-state index contributed by atoms with van der Waals surface area (Å²) in [5, 5.41) is 0. The first-order chi connectivity index (χ1) is 10.0. The molecule has 1 aliphatic rings. The number of thiocarbonyl (C=S) groups is 1. The molecule has 1 saturated heterocycles. The third-order valence-corrected chi connectivity index (χ3v) is 4.02. The molecule has 2 N–H and O–H groups in total. The monoisotopic (exact) mass is 307 g/mol. The van der Waals surface area contributed by atoms with Crippen molar-refractivity contribution in [2.75, 3.05) is 53.4 Å². The van der Waals surface area contributed by atoms with Gasteiger partial charge in [-0.25, -0.2) is 0 Å². The van der Waals surface area contributed by atoms with Gasteiger partial charge in [0, 0.05) is 52.0 Å². The van der Waals surface area contributed by atoms with E-state index in [1.54, 1.807) is 6.20 Å². The van der Waals surface area contributed by atoms with Crippen molar-refractivity contribution >= 4 is 17.2 Å². The van der Waals surface area contributed by atoms with Crippen LogP contribution in [0.3, 0.4) is 0 Å². The molecule has 21 heavy (non-hydrogen) atoms. The summed E-state index contributed by atoms with van der Waals surface area (Å²) in [7, 11) is 4.25. The fourth-order valence-electron chi connectivity index (χ4n) is 2.48. The first-order valence-electron chi connectivity index (χ1n) is 7.39. The maximum absolute atomic E-state index is 5.64. The quantitative estimate of drug-likeness (QED) is 0.768. The summed E-state index contributed by atoms with van der Waals surface area (Å²) < 4.78 is 0. The van der Waals surface area contributed by atoms with Crippen molar-refractivity contribution in [3.8, 4) is 0 Å². The highest BCUT2D eigenvalue weighted by Gasteiger charge is 2.17. The molecule has 116 valence electrons. The lowest BCUT2D eigenvalue weighted by Gasteiger charge is -2.35. The van der Waals surface area contributed by atoms with Gasteiger partial charge in [-0.3, -0.25) is 14.8 Å². The van der Waals surface area contributed by atoms with Crippen LogP contribution in [0.15, 0.2) is 18.3 Å². The van der Waals surface area contributed by atoms with Gasteiger partial charge in [0.1, 0.15) is 4.99 Å². The predicted octanol–water partition coefficient (Wildman–Crippen LogP) is 0.395. The van der Waals surface area contributed by atoms with Crippen molar-refractivity contribution < 1.29 is 0 Å². The van der Waals surface area contributed by atoms with Gasteiger partial charge in [-0.05, 0) is 31.8 Å². The zero-order valence-electron chi connectivity index (χ0n) is 13.0. The number of pyridine rings is 1. The van der Waals surface area contributed by atoms with Gasteiger partial charge in [-0.15, -0.1) is 0 Å². The number of piperazine rings is 1. The number of nitrogens with two attached hydrogens (primary N) is 1. The van der Waals surface area contributed by atoms with Crippen LogP contribution < -0.4 is 5.73 Å². The molecule has 0 spiro atoms. The Morgan fingerprint density at radius 3 is 2.57 bits per heavy atom. The average Bonchev–Trinajstić information content (AvgIpc) is 2.47. The lowest BCUT2D eigenvalue weighted by Crippen LogP contribution is -2.47.